The zero-order chi connectivity index (χ0) is 17.8. The summed E-state index contributed by atoms with van der Waals surface area (Å²) < 4.78 is 0. The van der Waals surface area contributed by atoms with E-state index in [9.17, 15) is 9.59 Å². The third kappa shape index (κ3) is 3.99. The number of anilines is 1. The van der Waals surface area contributed by atoms with E-state index < -0.39 is 5.91 Å². The molecule has 2 amide bonds. The quantitative estimate of drug-likeness (QED) is 0.796. The number of hydrogen-bond acceptors (Lipinski definition) is 3. The first-order chi connectivity index (χ1) is 12.1. The molecule has 5 heteroatoms. The molecule has 1 aliphatic carbocycles. The maximum atomic E-state index is 12.3. The van der Waals surface area contributed by atoms with Crippen molar-refractivity contribution in [3.63, 3.8) is 0 Å². The number of amides is 2. The number of carbonyl (C=O) groups excluding carboxylic acids is 2. The molecule has 0 aliphatic heterocycles. The highest BCUT2D eigenvalue weighted by atomic mass is 32.1. The molecule has 2 aromatic rings. The topological polar surface area (TPSA) is 72.2 Å². The molecular formula is C20H22N2O2S. The number of hydrogen-bond donors (Lipinski definition) is 2. The molecule has 3 rings (SSSR count). The molecule has 4 nitrogen and oxygen atoms in total. The van der Waals surface area contributed by atoms with Crippen LogP contribution in [0.4, 0.5) is 5.00 Å². The van der Waals surface area contributed by atoms with Crippen LogP contribution in [0.2, 0.25) is 0 Å². The van der Waals surface area contributed by atoms with Crippen molar-refractivity contribution < 1.29 is 9.59 Å². The van der Waals surface area contributed by atoms with Gasteiger partial charge in [0.1, 0.15) is 5.00 Å². The first kappa shape index (κ1) is 17.4. The van der Waals surface area contributed by atoms with E-state index in [2.05, 4.69) is 12.2 Å². The molecule has 1 heterocycles. The molecule has 0 spiro atoms. The number of thiophene rings is 1. The lowest BCUT2D eigenvalue weighted by molar-refractivity contribution is -0.111. The molecule has 1 unspecified atom stereocenters. The molecule has 0 bridgehead atoms. The number of nitrogens with one attached hydrogen (secondary N) is 1. The van der Waals surface area contributed by atoms with Gasteiger partial charge in [0.05, 0.1) is 5.56 Å². The van der Waals surface area contributed by atoms with Crippen LogP contribution in [-0.2, 0) is 17.6 Å². The summed E-state index contributed by atoms with van der Waals surface area (Å²) in [4.78, 5) is 25.4. The fourth-order valence-electron chi connectivity index (χ4n) is 3.24. The maximum absolute atomic E-state index is 12.3. The van der Waals surface area contributed by atoms with E-state index in [0.717, 1.165) is 36.8 Å². The lowest BCUT2D eigenvalue weighted by atomic mass is 9.85. The van der Waals surface area contributed by atoms with Crippen molar-refractivity contribution in [3.8, 4) is 0 Å². The fourth-order valence-corrected chi connectivity index (χ4v) is 4.61. The second kappa shape index (κ2) is 7.66. The zero-order valence-corrected chi connectivity index (χ0v) is 15.1. The molecular weight excluding hydrogens is 332 g/mol. The van der Waals surface area contributed by atoms with Crippen molar-refractivity contribution in [1.29, 1.82) is 0 Å². The van der Waals surface area contributed by atoms with Gasteiger partial charge in [-0.1, -0.05) is 43.7 Å². The lowest BCUT2D eigenvalue weighted by Gasteiger charge is -2.20. The normalized spacial score (nSPS) is 16.6. The van der Waals surface area contributed by atoms with Crippen LogP contribution in [0.25, 0.3) is 6.08 Å². The van der Waals surface area contributed by atoms with Crippen LogP contribution in [-0.4, -0.2) is 11.8 Å². The van der Waals surface area contributed by atoms with E-state index in [4.69, 9.17) is 5.73 Å². The Morgan fingerprint density at radius 2 is 2.08 bits per heavy atom. The Morgan fingerprint density at radius 1 is 1.32 bits per heavy atom. The largest absolute Gasteiger partial charge is 0.365 e. The number of rotatable bonds is 5. The van der Waals surface area contributed by atoms with E-state index in [-0.39, 0.29) is 5.91 Å². The SMILES string of the molecule is CCC1CCc2c(sc(NC(=O)C=Cc3ccccc3)c2C(N)=O)C1. The number of nitrogens with two attached hydrogens (primary N) is 1. The molecule has 25 heavy (non-hydrogen) atoms. The van der Waals surface area contributed by atoms with Crippen molar-refractivity contribution in [1.82, 2.24) is 0 Å². The molecule has 0 fully saturated rings. The summed E-state index contributed by atoms with van der Waals surface area (Å²) in [5, 5.41) is 3.42. The third-order valence-electron chi connectivity index (χ3n) is 4.65. The Kier molecular flexibility index (Phi) is 5.34. The maximum Gasteiger partial charge on any atom is 0.251 e. The van der Waals surface area contributed by atoms with Gasteiger partial charge in [-0.25, -0.2) is 0 Å². The molecule has 1 aromatic heterocycles. The summed E-state index contributed by atoms with van der Waals surface area (Å²) in [6, 6.07) is 9.61. The summed E-state index contributed by atoms with van der Waals surface area (Å²) in [6.45, 7) is 2.19. The summed E-state index contributed by atoms with van der Waals surface area (Å²) >= 11 is 1.49. The second-order valence-corrected chi connectivity index (χ2v) is 7.43. The molecule has 1 atom stereocenters. The minimum absolute atomic E-state index is 0.253. The number of fused-ring (bicyclic) bond motifs is 1. The van der Waals surface area contributed by atoms with Gasteiger partial charge in [0.15, 0.2) is 0 Å². The van der Waals surface area contributed by atoms with Crippen molar-refractivity contribution in [3.05, 3.63) is 58.0 Å². The Balaban J connectivity index is 1.80. The lowest BCUT2D eigenvalue weighted by Crippen LogP contribution is -2.19. The van der Waals surface area contributed by atoms with Gasteiger partial charge in [0.25, 0.3) is 5.91 Å². The molecule has 0 saturated carbocycles. The van der Waals surface area contributed by atoms with Crippen molar-refractivity contribution in [2.24, 2.45) is 11.7 Å². The van der Waals surface area contributed by atoms with Gasteiger partial charge < -0.3 is 11.1 Å². The average molecular weight is 354 g/mol. The van der Waals surface area contributed by atoms with Crippen LogP contribution in [0.15, 0.2) is 36.4 Å². The first-order valence-corrected chi connectivity index (χ1v) is 9.38. The molecule has 3 N–H and O–H groups in total. The van der Waals surface area contributed by atoms with Crippen LogP contribution in [0.1, 0.15) is 46.1 Å². The Labute approximate surface area is 151 Å². The number of carbonyl (C=O) groups is 2. The summed E-state index contributed by atoms with van der Waals surface area (Å²) in [5.41, 5.74) is 8.07. The van der Waals surface area contributed by atoms with Gasteiger partial charge in [0.2, 0.25) is 5.91 Å². The van der Waals surface area contributed by atoms with E-state index in [1.54, 1.807) is 6.08 Å². The molecule has 0 radical (unpaired) electrons. The van der Waals surface area contributed by atoms with Crippen LogP contribution in [0.3, 0.4) is 0 Å². The molecule has 130 valence electrons. The summed E-state index contributed by atoms with van der Waals surface area (Å²) in [5.74, 6) is -0.0693. The molecule has 1 aromatic carbocycles. The van der Waals surface area contributed by atoms with Crippen LogP contribution >= 0.6 is 11.3 Å². The minimum atomic E-state index is -0.463. The van der Waals surface area contributed by atoms with E-state index in [0.29, 0.717) is 16.5 Å². The predicted molar refractivity (Wildman–Crippen MR) is 103 cm³/mol. The average Bonchev–Trinajstić information content (AvgIpc) is 2.97. The Bertz CT molecular complexity index is 809. The zero-order valence-electron chi connectivity index (χ0n) is 14.2. The van der Waals surface area contributed by atoms with Gasteiger partial charge in [-0.15, -0.1) is 11.3 Å². The fraction of sp³-hybridized carbons (Fsp3) is 0.300. The van der Waals surface area contributed by atoms with Crippen molar-refractivity contribution in [2.45, 2.75) is 32.6 Å². The van der Waals surface area contributed by atoms with Crippen LogP contribution in [0.5, 0.6) is 0 Å². The molecule has 0 saturated heterocycles. The van der Waals surface area contributed by atoms with Crippen LogP contribution in [0, 0.1) is 5.92 Å². The van der Waals surface area contributed by atoms with E-state index >= 15 is 0 Å². The monoisotopic (exact) mass is 354 g/mol. The minimum Gasteiger partial charge on any atom is -0.365 e. The highest BCUT2D eigenvalue weighted by Gasteiger charge is 2.27. The smallest absolute Gasteiger partial charge is 0.251 e. The third-order valence-corrected chi connectivity index (χ3v) is 5.82. The standard InChI is InChI=1S/C20H22N2O2S/c1-2-13-8-10-15-16(12-13)25-20(18(15)19(21)24)22-17(23)11-9-14-6-4-3-5-7-14/h3-7,9,11,13H,2,8,10,12H2,1H3,(H2,21,24)(H,22,23). The van der Waals surface area contributed by atoms with E-state index in [1.807, 2.05) is 30.3 Å². The van der Waals surface area contributed by atoms with Crippen LogP contribution < -0.4 is 11.1 Å². The van der Waals surface area contributed by atoms with Gasteiger partial charge >= 0.3 is 0 Å². The predicted octanol–water partition coefficient (Wildman–Crippen LogP) is 4.01. The van der Waals surface area contributed by atoms with Gasteiger partial charge in [0, 0.05) is 11.0 Å². The highest BCUT2D eigenvalue weighted by Crippen LogP contribution is 2.40. The summed E-state index contributed by atoms with van der Waals surface area (Å²) in [6.07, 6.45) is 7.25. The Hall–Kier alpha value is -2.40. The number of benzene rings is 1. The van der Waals surface area contributed by atoms with E-state index in [1.165, 1.54) is 22.3 Å². The van der Waals surface area contributed by atoms with Crippen molar-refractivity contribution in [2.75, 3.05) is 5.32 Å². The van der Waals surface area contributed by atoms with Gasteiger partial charge in [-0.05, 0) is 42.4 Å². The highest BCUT2D eigenvalue weighted by molar-refractivity contribution is 7.17. The van der Waals surface area contributed by atoms with Gasteiger partial charge in [-0.2, -0.15) is 0 Å². The summed E-state index contributed by atoms with van der Waals surface area (Å²) in [7, 11) is 0. The number of primary amides is 1. The first-order valence-electron chi connectivity index (χ1n) is 8.57. The second-order valence-electron chi connectivity index (χ2n) is 6.32. The van der Waals surface area contributed by atoms with Crippen molar-refractivity contribution >= 4 is 34.2 Å². The van der Waals surface area contributed by atoms with Gasteiger partial charge in [-0.3, -0.25) is 9.59 Å². The molecule has 1 aliphatic rings. The Morgan fingerprint density at radius 3 is 2.76 bits per heavy atom.